The van der Waals surface area contributed by atoms with E-state index < -0.39 is 124 Å². The van der Waals surface area contributed by atoms with Gasteiger partial charge in [-0.2, -0.15) is 0 Å². The Morgan fingerprint density at radius 2 is 0.693 bits per heavy atom. The molecule has 0 aromatic carbocycles. The second-order valence-corrected chi connectivity index (χ2v) is 28.8. The summed E-state index contributed by atoms with van der Waals surface area (Å²) in [4.78, 5) is 13.5. The van der Waals surface area contributed by atoms with Crippen LogP contribution in [0.4, 0.5) is 0 Å². The van der Waals surface area contributed by atoms with Crippen molar-refractivity contribution in [2.75, 3.05) is 26.4 Å². The highest BCUT2D eigenvalue weighted by Gasteiger charge is 2.54. The van der Waals surface area contributed by atoms with E-state index in [1.165, 1.54) is 205 Å². The Kier molecular flexibility index (Phi) is 57.0. The summed E-state index contributed by atoms with van der Waals surface area (Å²) in [7, 11) is 0. The molecule has 0 aliphatic carbocycles. The highest BCUT2D eigenvalue weighted by atomic mass is 16.8. The summed E-state index contributed by atoms with van der Waals surface area (Å²) in [5.41, 5.74) is 0. The third-order valence-electron chi connectivity index (χ3n) is 20.0. The molecule has 3 aliphatic heterocycles. The first-order chi connectivity index (χ1) is 49.3. The normalized spacial score (nSPS) is 26.7. The minimum atomic E-state index is -1.98. The van der Waals surface area contributed by atoms with Crippen molar-refractivity contribution >= 4 is 5.91 Å². The highest BCUT2D eigenvalue weighted by Crippen LogP contribution is 2.33. The molecule has 3 aliphatic rings. The molecule has 3 heterocycles. The van der Waals surface area contributed by atoms with Gasteiger partial charge in [0.1, 0.15) is 73.2 Å². The van der Waals surface area contributed by atoms with Gasteiger partial charge in [0.25, 0.3) is 0 Å². The largest absolute Gasteiger partial charge is 0.394 e. The molecule has 0 radical (unpaired) electrons. The van der Waals surface area contributed by atoms with Crippen LogP contribution in [0.1, 0.15) is 309 Å². The van der Waals surface area contributed by atoms with Gasteiger partial charge in [-0.05, 0) is 70.6 Å². The van der Waals surface area contributed by atoms with E-state index in [4.69, 9.17) is 28.4 Å². The van der Waals surface area contributed by atoms with Crippen molar-refractivity contribution in [2.24, 2.45) is 0 Å². The number of amides is 1. The molecule has 12 N–H and O–H groups in total. The van der Waals surface area contributed by atoms with Crippen LogP contribution in [0.15, 0.2) is 72.9 Å². The van der Waals surface area contributed by atoms with E-state index in [0.29, 0.717) is 12.8 Å². The fourth-order valence-electron chi connectivity index (χ4n) is 13.5. The number of rotatable bonds is 64. The smallest absolute Gasteiger partial charge is 0.220 e. The number of nitrogens with one attached hydrogen (secondary N) is 1. The first kappa shape index (κ1) is 92.4. The van der Waals surface area contributed by atoms with Crippen LogP contribution >= 0.6 is 0 Å². The van der Waals surface area contributed by atoms with Gasteiger partial charge in [0.15, 0.2) is 18.9 Å². The van der Waals surface area contributed by atoms with Crippen molar-refractivity contribution in [3.63, 3.8) is 0 Å². The van der Waals surface area contributed by atoms with Crippen LogP contribution in [-0.4, -0.2) is 193 Å². The molecule has 3 fully saturated rings. The lowest BCUT2D eigenvalue weighted by Gasteiger charge is -2.48. The van der Waals surface area contributed by atoms with Gasteiger partial charge in [0.05, 0.1) is 38.6 Å². The number of unbranched alkanes of at least 4 members (excludes halogenated alkanes) is 38. The van der Waals surface area contributed by atoms with Gasteiger partial charge in [0, 0.05) is 6.42 Å². The van der Waals surface area contributed by atoms with Gasteiger partial charge in [-0.25, -0.2) is 0 Å². The fraction of sp³-hybridized carbons (Fsp3) is 0.841. The van der Waals surface area contributed by atoms with E-state index >= 15 is 0 Å². The maximum atomic E-state index is 13.5. The summed E-state index contributed by atoms with van der Waals surface area (Å²) in [5.74, 6) is -0.285. The Bertz CT molecular complexity index is 2110. The molecule has 0 aromatic heterocycles. The fourth-order valence-corrected chi connectivity index (χ4v) is 13.5. The van der Waals surface area contributed by atoms with E-state index in [-0.39, 0.29) is 18.9 Å². The van der Waals surface area contributed by atoms with Crippen LogP contribution in [-0.2, 0) is 33.2 Å². The summed E-state index contributed by atoms with van der Waals surface area (Å²) in [5, 5.41) is 121. The van der Waals surface area contributed by atoms with Gasteiger partial charge in [-0.3, -0.25) is 4.79 Å². The second kappa shape index (κ2) is 62.3. The number of hydrogen-bond donors (Lipinski definition) is 12. The molecule has 17 unspecified atom stereocenters. The number of aliphatic hydroxyl groups is 11. The maximum Gasteiger partial charge on any atom is 0.220 e. The Morgan fingerprint density at radius 3 is 1.11 bits per heavy atom. The summed E-state index contributed by atoms with van der Waals surface area (Å²) in [6.45, 7) is 1.64. The van der Waals surface area contributed by atoms with Crippen molar-refractivity contribution in [1.82, 2.24) is 5.32 Å². The summed E-state index contributed by atoms with van der Waals surface area (Å²) >= 11 is 0. The Morgan fingerprint density at radius 1 is 0.366 bits per heavy atom. The van der Waals surface area contributed by atoms with Crippen molar-refractivity contribution < 1.29 is 89.4 Å². The minimum Gasteiger partial charge on any atom is -0.394 e. The van der Waals surface area contributed by atoms with Gasteiger partial charge in [-0.1, -0.05) is 305 Å². The van der Waals surface area contributed by atoms with Crippen LogP contribution in [0.2, 0.25) is 0 Å². The Labute approximate surface area is 610 Å². The van der Waals surface area contributed by atoms with Gasteiger partial charge in [-0.15, -0.1) is 0 Å². The summed E-state index contributed by atoms with van der Waals surface area (Å²) < 4.78 is 34.4. The van der Waals surface area contributed by atoms with Crippen LogP contribution in [0.3, 0.4) is 0 Å². The molecule has 17 atom stereocenters. The zero-order chi connectivity index (χ0) is 73.2. The molecule has 1 amide bonds. The number of carbonyl (C=O) groups excluding carboxylic acids is 1. The Hall–Kier alpha value is -2.77. The molecular formula is C82H147NO18. The lowest BCUT2D eigenvalue weighted by Crippen LogP contribution is -2.66. The van der Waals surface area contributed by atoms with E-state index in [0.717, 1.165) is 70.6 Å². The van der Waals surface area contributed by atoms with Crippen LogP contribution < -0.4 is 5.32 Å². The lowest BCUT2D eigenvalue weighted by atomic mass is 9.96. The average Bonchev–Trinajstić information content (AvgIpc) is 0.782. The van der Waals surface area contributed by atoms with Gasteiger partial charge >= 0.3 is 0 Å². The maximum absolute atomic E-state index is 13.5. The molecule has 19 heteroatoms. The molecular weight excluding hydrogens is 1290 g/mol. The van der Waals surface area contributed by atoms with Crippen molar-refractivity contribution in [2.45, 2.75) is 413 Å². The summed E-state index contributed by atoms with van der Waals surface area (Å²) in [6.07, 6.45) is 54.6. The van der Waals surface area contributed by atoms with Crippen LogP contribution in [0.5, 0.6) is 0 Å². The average molecular weight is 1440 g/mol. The Balaban J connectivity index is 1.39. The molecule has 0 aromatic rings. The minimum absolute atomic E-state index is 0.232. The van der Waals surface area contributed by atoms with Gasteiger partial charge in [0.2, 0.25) is 5.91 Å². The SMILES string of the molecule is CC/C=C\C/C=C\C/C=C\C/C=C\CCCCCCCCCCCCCCCCC(=O)NC(COC1OC(CO)C(OC2OC(CO)C(OC3OC(CO)C(O)C(O)C3O)C(O)C2O)C(O)C1O)C(O)/C=C/CC/C=C/CCCCCCCCCCCCCCCCCCCCCCCCC. The van der Waals surface area contributed by atoms with Crippen molar-refractivity contribution in [1.29, 1.82) is 0 Å². The molecule has 0 bridgehead atoms. The number of aliphatic hydroxyl groups excluding tert-OH is 11. The predicted octanol–water partition coefficient (Wildman–Crippen LogP) is 13.6. The molecule has 101 heavy (non-hydrogen) atoms. The highest BCUT2D eigenvalue weighted by molar-refractivity contribution is 5.76. The third-order valence-corrected chi connectivity index (χ3v) is 20.0. The molecule has 3 rings (SSSR count). The van der Waals surface area contributed by atoms with Crippen molar-refractivity contribution in [3.8, 4) is 0 Å². The molecule has 3 saturated heterocycles. The lowest BCUT2D eigenvalue weighted by molar-refractivity contribution is -0.379. The number of hydrogen-bond acceptors (Lipinski definition) is 18. The van der Waals surface area contributed by atoms with Crippen molar-refractivity contribution in [3.05, 3.63) is 72.9 Å². The van der Waals surface area contributed by atoms with E-state index in [1.54, 1.807) is 6.08 Å². The van der Waals surface area contributed by atoms with E-state index in [2.05, 4.69) is 79.9 Å². The third kappa shape index (κ3) is 42.4. The quantitative estimate of drug-likeness (QED) is 0.0199. The standard InChI is InChI=1S/C82H147NO18/c1-3-5-7-9-11-13-15-17-19-21-23-25-27-29-31-32-34-35-37-39-41-43-45-47-49-51-53-55-57-59-66(87)65(83-70(88)60-58-56-54-52-50-48-46-44-42-40-38-36-33-30-28-26-24-22-20-18-16-14-12-10-8-6-4-2)64-96-80-76(94)73(91)78(68(62-85)98-80)101-82-77(95)74(92)79(69(63-86)99-82)100-81-75(93)72(90)71(89)67(61-84)97-81/h6,8,12,14,18,20,24,26,49,51,57,59,65-69,71-82,84-87,89-95H,3-5,7,9-11,13,15-17,19,21-23,25,27-48,50,52-56,58,60-64H2,1-2H3,(H,83,88)/b8-6-,14-12-,20-18-,26-24-,51-49+,59-57+. The van der Waals surface area contributed by atoms with E-state index in [1.807, 2.05) is 6.08 Å². The molecule has 588 valence electrons. The topological polar surface area (TPSA) is 307 Å². The van der Waals surface area contributed by atoms with Gasteiger partial charge < -0.3 is 89.9 Å². The van der Waals surface area contributed by atoms with Crippen LogP contribution in [0.25, 0.3) is 0 Å². The molecule has 0 spiro atoms. The van der Waals surface area contributed by atoms with Crippen LogP contribution in [0, 0.1) is 0 Å². The first-order valence-electron chi connectivity index (χ1n) is 40.7. The molecule has 0 saturated carbocycles. The summed E-state index contributed by atoms with van der Waals surface area (Å²) in [6, 6.07) is -0.995. The first-order valence-corrected chi connectivity index (χ1v) is 40.7. The zero-order valence-electron chi connectivity index (χ0n) is 62.9. The number of ether oxygens (including phenoxy) is 6. The monoisotopic (exact) mass is 1430 g/mol. The zero-order valence-corrected chi connectivity index (χ0v) is 62.9. The number of allylic oxidation sites excluding steroid dienone is 11. The second-order valence-electron chi connectivity index (χ2n) is 28.8. The number of carbonyl (C=O) groups is 1. The molecule has 19 nitrogen and oxygen atoms in total. The van der Waals surface area contributed by atoms with E-state index in [9.17, 15) is 61.0 Å². The predicted molar refractivity (Wildman–Crippen MR) is 401 cm³/mol.